The first kappa shape index (κ1) is 21.7. The van der Waals surface area contributed by atoms with Crippen molar-refractivity contribution in [3.8, 4) is 22.9 Å². The Kier molecular flexibility index (Phi) is 5.55. The molecule has 1 amide bonds. The summed E-state index contributed by atoms with van der Waals surface area (Å²) in [6, 6.07) is 10.6. The molecule has 0 atom stereocenters. The molecule has 9 nitrogen and oxygen atoms in total. The highest BCUT2D eigenvalue weighted by molar-refractivity contribution is 7.90. The number of aromatic nitrogens is 2. The van der Waals surface area contributed by atoms with E-state index >= 15 is 0 Å². The van der Waals surface area contributed by atoms with E-state index in [0.29, 0.717) is 34.3 Å². The molecule has 0 spiro atoms. The number of nitrogens with zero attached hydrogens (tertiary/aromatic N) is 2. The van der Waals surface area contributed by atoms with Gasteiger partial charge in [0, 0.05) is 11.1 Å². The molecule has 0 saturated heterocycles. The van der Waals surface area contributed by atoms with Crippen LogP contribution in [-0.4, -0.2) is 45.4 Å². The molecular weight excluding hydrogens is 434 g/mol. The topological polar surface area (TPSA) is 109 Å². The van der Waals surface area contributed by atoms with Crippen LogP contribution in [0.15, 0.2) is 36.4 Å². The third kappa shape index (κ3) is 3.77. The predicted octanol–water partition coefficient (Wildman–Crippen LogP) is 2.89. The van der Waals surface area contributed by atoms with E-state index in [-0.39, 0.29) is 17.1 Å². The fourth-order valence-electron chi connectivity index (χ4n) is 3.74. The van der Waals surface area contributed by atoms with Crippen molar-refractivity contribution in [1.82, 2.24) is 9.78 Å². The van der Waals surface area contributed by atoms with Crippen molar-refractivity contribution in [2.75, 3.05) is 26.6 Å². The minimum atomic E-state index is -3.31. The first-order chi connectivity index (χ1) is 15.3. The smallest absolute Gasteiger partial charge is 0.257 e. The summed E-state index contributed by atoms with van der Waals surface area (Å²) in [7, 11) is 1.09. The maximum absolute atomic E-state index is 13.2. The number of methoxy groups -OCH3 is 3. The molecule has 4 rings (SSSR count). The van der Waals surface area contributed by atoms with Crippen molar-refractivity contribution in [3.05, 3.63) is 58.8 Å². The van der Waals surface area contributed by atoms with Gasteiger partial charge in [0.2, 0.25) is 5.75 Å². The van der Waals surface area contributed by atoms with Gasteiger partial charge in [-0.25, -0.2) is 13.1 Å². The van der Waals surface area contributed by atoms with Crippen LogP contribution in [0.3, 0.4) is 0 Å². The zero-order valence-corrected chi connectivity index (χ0v) is 18.9. The SMILES string of the molecule is COc1cc(C(=O)Nc2c3c(nn2-c2ccccc2C)CS(=O)(=O)C3)cc(OC)c1OC. The Bertz CT molecular complexity index is 1290. The molecule has 1 aromatic heterocycles. The molecular formula is C22H23N3O6S. The van der Waals surface area contributed by atoms with Crippen molar-refractivity contribution in [2.45, 2.75) is 18.4 Å². The summed E-state index contributed by atoms with van der Waals surface area (Å²) < 4.78 is 42.0. The molecule has 10 heteroatoms. The number of aryl methyl sites for hydroxylation is 1. The monoisotopic (exact) mass is 457 g/mol. The molecule has 0 radical (unpaired) electrons. The van der Waals surface area contributed by atoms with E-state index in [0.717, 1.165) is 11.3 Å². The summed E-state index contributed by atoms with van der Waals surface area (Å²) >= 11 is 0. The van der Waals surface area contributed by atoms with Gasteiger partial charge in [0.05, 0.1) is 44.2 Å². The summed E-state index contributed by atoms with van der Waals surface area (Å²) in [5.74, 6) is 0.547. The van der Waals surface area contributed by atoms with Crippen LogP contribution < -0.4 is 19.5 Å². The highest BCUT2D eigenvalue weighted by Crippen LogP contribution is 2.39. The lowest BCUT2D eigenvalue weighted by Gasteiger charge is -2.15. The molecule has 1 aliphatic heterocycles. The third-order valence-electron chi connectivity index (χ3n) is 5.29. The highest BCUT2D eigenvalue weighted by Gasteiger charge is 2.33. The minimum absolute atomic E-state index is 0.158. The zero-order chi connectivity index (χ0) is 23.0. The molecule has 0 bridgehead atoms. The van der Waals surface area contributed by atoms with E-state index in [1.165, 1.54) is 33.5 Å². The number of nitrogens with one attached hydrogen (secondary N) is 1. The molecule has 32 heavy (non-hydrogen) atoms. The van der Waals surface area contributed by atoms with E-state index in [4.69, 9.17) is 14.2 Å². The van der Waals surface area contributed by atoms with Gasteiger partial charge in [-0.05, 0) is 30.7 Å². The van der Waals surface area contributed by atoms with Gasteiger partial charge in [-0.3, -0.25) is 4.79 Å². The highest BCUT2D eigenvalue weighted by atomic mass is 32.2. The molecule has 1 N–H and O–H groups in total. The Balaban J connectivity index is 1.80. The van der Waals surface area contributed by atoms with Crippen LogP contribution in [0.5, 0.6) is 17.2 Å². The van der Waals surface area contributed by atoms with Crippen molar-refractivity contribution in [2.24, 2.45) is 0 Å². The average Bonchev–Trinajstić information content (AvgIpc) is 3.24. The van der Waals surface area contributed by atoms with Crippen LogP contribution in [-0.2, 0) is 21.3 Å². The molecule has 0 fully saturated rings. The van der Waals surface area contributed by atoms with Gasteiger partial charge in [-0.1, -0.05) is 18.2 Å². The summed E-state index contributed by atoms with van der Waals surface area (Å²) in [6.07, 6.45) is 0. The molecule has 1 aliphatic rings. The first-order valence-electron chi connectivity index (χ1n) is 9.76. The van der Waals surface area contributed by atoms with Crippen molar-refractivity contribution in [1.29, 1.82) is 0 Å². The van der Waals surface area contributed by atoms with Gasteiger partial charge in [-0.2, -0.15) is 5.10 Å². The lowest BCUT2D eigenvalue weighted by molar-refractivity contribution is 0.102. The number of benzene rings is 2. The van der Waals surface area contributed by atoms with E-state index in [9.17, 15) is 13.2 Å². The third-order valence-corrected chi connectivity index (χ3v) is 6.73. The standard InChI is InChI=1S/C22H23N3O6S/c1-13-7-5-6-8-17(13)25-21(15-11-32(27,28)12-16(15)24-25)23-22(26)14-9-18(29-2)20(31-4)19(10-14)30-3/h5-10H,11-12H2,1-4H3,(H,23,26). The molecule has 2 heterocycles. The summed E-state index contributed by atoms with van der Waals surface area (Å²) in [5, 5.41) is 7.37. The van der Waals surface area contributed by atoms with Crippen LogP contribution in [0.4, 0.5) is 5.82 Å². The number of hydrogen-bond acceptors (Lipinski definition) is 7. The summed E-state index contributed by atoms with van der Waals surface area (Å²) in [5.41, 5.74) is 2.87. The van der Waals surface area contributed by atoms with Gasteiger partial charge < -0.3 is 19.5 Å². The number of amides is 1. The van der Waals surface area contributed by atoms with E-state index < -0.39 is 15.7 Å². The molecule has 0 saturated carbocycles. The fourth-order valence-corrected chi connectivity index (χ4v) is 5.23. The maximum Gasteiger partial charge on any atom is 0.257 e. The second-order valence-corrected chi connectivity index (χ2v) is 9.44. The largest absolute Gasteiger partial charge is 0.493 e. The number of fused-ring (bicyclic) bond motifs is 1. The summed E-state index contributed by atoms with van der Waals surface area (Å²) in [4.78, 5) is 13.2. The second kappa shape index (κ2) is 8.19. The van der Waals surface area contributed by atoms with Crippen LogP contribution in [0.25, 0.3) is 5.69 Å². The fraction of sp³-hybridized carbons (Fsp3) is 0.273. The molecule has 0 unspecified atom stereocenters. The number of sulfone groups is 1. The van der Waals surface area contributed by atoms with E-state index in [1.54, 1.807) is 4.68 Å². The Morgan fingerprint density at radius 1 is 1.03 bits per heavy atom. The second-order valence-electron chi connectivity index (χ2n) is 7.37. The van der Waals surface area contributed by atoms with Crippen LogP contribution in [0, 0.1) is 6.92 Å². The lowest BCUT2D eigenvalue weighted by atomic mass is 10.1. The van der Waals surface area contributed by atoms with E-state index in [2.05, 4.69) is 10.4 Å². The van der Waals surface area contributed by atoms with Crippen LogP contribution in [0.2, 0.25) is 0 Å². The quantitative estimate of drug-likeness (QED) is 0.606. The normalized spacial score (nSPS) is 14.0. The predicted molar refractivity (Wildman–Crippen MR) is 119 cm³/mol. The Hall–Kier alpha value is -3.53. The van der Waals surface area contributed by atoms with E-state index in [1.807, 2.05) is 31.2 Å². The van der Waals surface area contributed by atoms with Crippen LogP contribution in [0.1, 0.15) is 27.2 Å². The minimum Gasteiger partial charge on any atom is -0.493 e. The lowest BCUT2D eigenvalue weighted by Crippen LogP contribution is -2.17. The Morgan fingerprint density at radius 2 is 1.69 bits per heavy atom. The van der Waals surface area contributed by atoms with Gasteiger partial charge in [0.15, 0.2) is 21.3 Å². The molecule has 168 valence electrons. The van der Waals surface area contributed by atoms with Gasteiger partial charge >= 0.3 is 0 Å². The first-order valence-corrected chi connectivity index (χ1v) is 11.6. The van der Waals surface area contributed by atoms with Gasteiger partial charge in [-0.15, -0.1) is 0 Å². The van der Waals surface area contributed by atoms with Crippen molar-refractivity contribution in [3.63, 3.8) is 0 Å². The number of rotatable bonds is 6. The molecule has 0 aliphatic carbocycles. The summed E-state index contributed by atoms with van der Waals surface area (Å²) in [6.45, 7) is 1.92. The van der Waals surface area contributed by atoms with Crippen LogP contribution >= 0.6 is 0 Å². The number of carbonyl (C=O) groups excluding carboxylic acids is 1. The number of carbonyl (C=O) groups is 1. The zero-order valence-electron chi connectivity index (χ0n) is 18.1. The Morgan fingerprint density at radius 3 is 2.28 bits per heavy atom. The Labute approximate surface area is 185 Å². The van der Waals surface area contributed by atoms with Crippen molar-refractivity contribution < 1.29 is 27.4 Å². The number of ether oxygens (including phenoxy) is 3. The number of anilines is 1. The van der Waals surface area contributed by atoms with Crippen molar-refractivity contribution >= 4 is 21.6 Å². The number of hydrogen-bond donors (Lipinski definition) is 1. The molecule has 2 aromatic carbocycles. The number of para-hydroxylation sites is 1. The van der Waals surface area contributed by atoms with Gasteiger partial charge in [0.25, 0.3) is 5.91 Å². The van der Waals surface area contributed by atoms with Gasteiger partial charge in [0.1, 0.15) is 5.82 Å². The average molecular weight is 458 g/mol. The maximum atomic E-state index is 13.2. The molecule has 3 aromatic rings.